The van der Waals surface area contributed by atoms with Gasteiger partial charge in [0.05, 0.1) is 23.9 Å². The number of primary amides is 1. The molecule has 1 fully saturated rings. The van der Waals surface area contributed by atoms with Gasteiger partial charge in [0.15, 0.2) is 12.8 Å². The molecule has 0 saturated carbocycles. The highest BCUT2D eigenvalue weighted by Gasteiger charge is 2.45. The average molecular weight is 716 g/mol. The van der Waals surface area contributed by atoms with E-state index in [0.717, 1.165) is 4.90 Å². The molecule has 2 aromatic heterocycles. The first-order chi connectivity index (χ1) is 24.9. The van der Waals surface area contributed by atoms with Gasteiger partial charge < -0.3 is 30.2 Å². The van der Waals surface area contributed by atoms with Crippen LogP contribution in [0.15, 0.2) is 36.4 Å². The molecule has 2 unspecified atom stereocenters. The Labute approximate surface area is 296 Å². The Morgan fingerprint density at radius 1 is 1.13 bits per heavy atom. The van der Waals surface area contributed by atoms with Gasteiger partial charge in [0.25, 0.3) is 17.7 Å². The van der Waals surface area contributed by atoms with Gasteiger partial charge in [-0.25, -0.2) is 4.98 Å². The molecule has 2 atom stereocenters. The lowest BCUT2D eigenvalue weighted by molar-refractivity contribution is -0.139. The minimum Gasteiger partial charge on any atom is -0.494 e. The van der Waals surface area contributed by atoms with Gasteiger partial charge in [0, 0.05) is 37.2 Å². The normalized spacial score (nSPS) is 16.8. The van der Waals surface area contributed by atoms with Crippen molar-refractivity contribution in [2.75, 3.05) is 25.6 Å². The number of carbonyl (C=O) groups excluding carboxylic acids is 6. The van der Waals surface area contributed by atoms with Gasteiger partial charge in [0.2, 0.25) is 23.7 Å². The Bertz CT molecular complexity index is 2120. The molecule has 272 valence electrons. The second-order valence-corrected chi connectivity index (χ2v) is 12.2. The number of aliphatic hydroxyl groups is 1. The highest BCUT2D eigenvalue weighted by atomic mass is 16.5. The molecule has 2 aliphatic rings. The maximum absolute atomic E-state index is 13.4. The summed E-state index contributed by atoms with van der Waals surface area (Å²) in [6.07, 6.45) is -0.987. The molecular weight excluding hydrogens is 678 g/mol. The molecule has 0 radical (unpaired) electrons. The summed E-state index contributed by atoms with van der Waals surface area (Å²) in [5.74, 6) is -2.88. The van der Waals surface area contributed by atoms with Crippen molar-refractivity contribution in [3.05, 3.63) is 64.5 Å². The Morgan fingerprint density at radius 3 is 2.63 bits per heavy atom. The van der Waals surface area contributed by atoms with Gasteiger partial charge in [-0.1, -0.05) is 12.1 Å². The highest BCUT2D eigenvalue weighted by molar-refractivity contribution is 6.07. The van der Waals surface area contributed by atoms with Gasteiger partial charge in [0.1, 0.15) is 28.8 Å². The number of rotatable bonds is 13. The summed E-state index contributed by atoms with van der Waals surface area (Å²) in [6, 6.07) is 8.16. The number of piperidine rings is 1. The number of aryl methyl sites for hydroxylation is 3. The Morgan fingerprint density at radius 2 is 1.92 bits per heavy atom. The molecule has 18 heteroatoms. The second-order valence-electron chi connectivity index (χ2n) is 12.2. The van der Waals surface area contributed by atoms with Crippen LogP contribution in [-0.4, -0.2) is 91.1 Å². The zero-order valence-electron chi connectivity index (χ0n) is 28.6. The number of carbonyl (C=O) groups is 6. The van der Waals surface area contributed by atoms with E-state index < -0.39 is 54.3 Å². The molecule has 1 saturated heterocycles. The van der Waals surface area contributed by atoms with Crippen LogP contribution < -0.4 is 31.2 Å². The van der Waals surface area contributed by atoms with E-state index in [1.807, 2.05) is 6.92 Å². The van der Waals surface area contributed by atoms with Crippen LogP contribution in [-0.2, 0) is 27.5 Å². The van der Waals surface area contributed by atoms with Crippen LogP contribution in [0.25, 0.3) is 11.0 Å². The summed E-state index contributed by atoms with van der Waals surface area (Å²) < 4.78 is 14.5. The Kier molecular flexibility index (Phi) is 9.91. The van der Waals surface area contributed by atoms with Crippen molar-refractivity contribution in [2.24, 2.45) is 5.73 Å². The molecule has 6 rings (SSSR count). The van der Waals surface area contributed by atoms with Crippen molar-refractivity contribution in [3.8, 4) is 11.5 Å². The molecule has 4 heterocycles. The first-order valence-electron chi connectivity index (χ1n) is 16.5. The maximum atomic E-state index is 13.4. The molecule has 2 aromatic carbocycles. The number of methoxy groups -OCH3 is 1. The monoisotopic (exact) mass is 715 g/mol. The van der Waals surface area contributed by atoms with E-state index in [9.17, 15) is 33.9 Å². The second kappa shape index (κ2) is 14.5. The minimum atomic E-state index is -1.43. The van der Waals surface area contributed by atoms with E-state index in [-0.39, 0.29) is 54.3 Å². The number of benzene rings is 2. The van der Waals surface area contributed by atoms with E-state index in [1.165, 1.54) is 31.4 Å². The number of aliphatic hydroxyl groups excluding tert-OH is 1. The number of hydrogen-bond donors (Lipinski definition) is 5. The van der Waals surface area contributed by atoms with E-state index >= 15 is 0 Å². The molecule has 6 amide bonds. The van der Waals surface area contributed by atoms with Crippen molar-refractivity contribution in [1.29, 1.82) is 0 Å². The summed E-state index contributed by atoms with van der Waals surface area (Å²) in [5.41, 5.74) is 7.79. The zero-order valence-corrected chi connectivity index (χ0v) is 28.6. The Balaban J connectivity index is 1.13. The topological polar surface area (TPSA) is 242 Å². The third-order valence-electron chi connectivity index (χ3n) is 8.80. The number of nitrogens with one attached hydrogen (secondary N) is 3. The number of nitrogens with two attached hydrogens (primary N) is 1. The summed E-state index contributed by atoms with van der Waals surface area (Å²) >= 11 is 0. The molecule has 0 bridgehead atoms. The molecule has 0 aliphatic carbocycles. The number of amides is 6. The van der Waals surface area contributed by atoms with E-state index in [1.54, 1.807) is 28.3 Å². The number of anilines is 1. The first kappa shape index (κ1) is 35.5. The van der Waals surface area contributed by atoms with E-state index in [0.29, 0.717) is 41.1 Å². The summed E-state index contributed by atoms with van der Waals surface area (Å²) in [6.45, 7) is 4.08. The predicted octanol–water partition coefficient (Wildman–Crippen LogP) is 0.758. The molecule has 52 heavy (non-hydrogen) atoms. The van der Waals surface area contributed by atoms with Crippen LogP contribution in [0, 0.1) is 6.92 Å². The van der Waals surface area contributed by atoms with Crippen molar-refractivity contribution in [3.63, 3.8) is 0 Å². The molecule has 18 nitrogen and oxygen atoms in total. The van der Waals surface area contributed by atoms with Crippen LogP contribution in [0.4, 0.5) is 5.95 Å². The fraction of sp³-hybridized carbons (Fsp3) is 0.353. The van der Waals surface area contributed by atoms with Gasteiger partial charge in [-0.3, -0.25) is 49.0 Å². The number of hydrogen-bond acceptors (Lipinski definition) is 11. The molecular formula is C34H37N9O9. The first-order valence-corrected chi connectivity index (χ1v) is 16.5. The molecule has 2 aliphatic heterocycles. The summed E-state index contributed by atoms with van der Waals surface area (Å²) in [4.78, 5) is 81.2. The van der Waals surface area contributed by atoms with Gasteiger partial charge >= 0.3 is 0 Å². The quantitative estimate of drug-likeness (QED) is 0.0956. The van der Waals surface area contributed by atoms with Crippen molar-refractivity contribution in [1.82, 2.24) is 34.9 Å². The number of fused-ring (bicyclic) bond motifs is 2. The van der Waals surface area contributed by atoms with Crippen LogP contribution in [0.3, 0.4) is 0 Å². The van der Waals surface area contributed by atoms with Crippen LogP contribution >= 0.6 is 0 Å². The van der Waals surface area contributed by atoms with Crippen LogP contribution in [0.5, 0.6) is 11.5 Å². The lowest BCUT2D eigenvalue weighted by atomic mass is 10.0. The van der Waals surface area contributed by atoms with Crippen LogP contribution in [0.1, 0.15) is 74.9 Å². The third-order valence-corrected chi connectivity index (χ3v) is 8.80. The predicted molar refractivity (Wildman–Crippen MR) is 182 cm³/mol. The smallest absolute Gasteiger partial charge is 0.276 e. The fourth-order valence-electron chi connectivity index (χ4n) is 6.40. The highest BCUT2D eigenvalue weighted by Crippen LogP contribution is 2.39. The Hall–Kier alpha value is -6.30. The van der Waals surface area contributed by atoms with Gasteiger partial charge in [-0.15, -0.1) is 0 Å². The van der Waals surface area contributed by atoms with Crippen molar-refractivity contribution in [2.45, 2.75) is 58.5 Å². The number of aromatic nitrogens is 4. The number of imide groups is 1. The van der Waals surface area contributed by atoms with Crippen molar-refractivity contribution >= 4 is 52.4 Å². The standard InChI is InChI=1S/C34H37N9O9/c1-4-42-22(13-17(2)40-42)31(48)39-34-37-20-14-18(29(35)46)15-24(51-3)28(20)41(34)12-6-11-36-26(45)16-52-23-8-5-7-19-27(23)33(50)43(32(19)49)21-9-10-25(44)38-30(21)47/h5,7-8,13-15,21,32,49H,4,6,9-12,16H2,1-3H3,(H2,35,46)(H,36,45)(H,37,39,48)(H,38,44,47). The SMILES string of the molecule is CCn1nc(C)cc1C(=O)Nc1nc2cc(C(N)=O)cc(OC)c2n1CCCNC(=O)COc1cccc2c1C(=O)N(C1CCC(=O)NC1=O)C2O. The molecule has 6 N–H and O–H groups in total. The third kappa shape index (κ3) is 6.74. The minimum absolute atomic E-state index is 0.0225. The number of nitrogens with zero attached hydrogens (tertiary/aromatic N) is 5. The number of ether oxygens (including phenoxy) is 2. The average Bonchev–Trinajstić information content (AvgIpc) is 3.75. The maximum Gasteiger partial charge on any atom is 0.276 e. The summed E-state index contributed by atoms with van der Waals surface area (Å²) in [5, 5.41) is 23.0. The zero-order chi connectivity index (χ0) is 37.3. The van der Waals surface area contributed by atoms with Crippen LogP contribution in [0.2, 0.25) is 0 Å². The lowest BCUT2D eigenvalue weighted by Gasteiger charge is -2.31. The summed E-state index contributed by atoms with van der Waals surface area (Å²) in [7, 11) is 1.43. The van der Waals surface area contributed by atoms with Gasteiger partial charge in [-0.05, 0) is 51.0 Å². The number of imidazole rings is 1. The van der Waals surface area contributed by atoms with E-state index in [2.05, 4.69) is 26.0 Å². The lowest BCUT2D eigenvalue weighted by Crippen LogP contribution is -2.53. The molecule has 0 spiro atoms. The van der Waals surface area contributed by atoms with Gasteiger partial charge in [-0.2, -0.15) is 5.10 Å². The largest absolute Gasteiger partial charge is 0.494 e. The molecule has 4 aromatic rings. The van der Waals surface area contributed by atoms with Crippen molar-refractivity contribution < 1.29 is 43.3 Å². The fourth-order valence-corrected chi connectivity index (χ4v) is 6.40. The van der Waals surface area contributed by atoms with E-state index in [4.69, 9.17) is 15.2 Å².